The van der Waals surface area contributed by atoms with Crippen LogP contribution in [0.4, 0.5) is 0 Å². The van der Waals surface area contributed by atoms with Crippen molar-refractivity contribution in [2.45, 2.75) is 44.6 Å². The zero-order valence-corrected chi connectivity index (χ0v) is 10.7. The molecule has 0 spiro atoms. The van der Waals surface area contributed by atoms with E-state index in [1.807, 2.05) is 0 Å². The smallest absolute Gasteiger partial charge is 0.209 e. The van der Waals surface area contributed by atoms with E-state index >= 15 is 0 Å². The Morgan fingerprint density at radius 2 is 2.00 bits per heavy atom. The maximum absolute atomic E-state index is 11.3. The summed E-state index contributed by atoms with van der Waals surface area (Å²) in [5.41, 5.74) is 4.72. The number of sulfonamides is 1. The molecule has 6 heteroatoms. The van der Waals surface area contributed by atoms with Gasteiger partial charge in [-0.2, -0.15) is 0 Å². The molecule has 5 nitrogen and oxygen atoms in total. The van der Waals surface area contributed by atoms with Gasteiger partial charge in [-0.1, -0.05) is 13.3 Å². The molecule has 0 bridgehead atoms. The Labute approximate surface area is 97.4 Å². The first-order chi connectivity index (χ1) is 7.29. The number of hydrogen-bond donors (Lipinski definition) is 3. The van der Waals surface area contributed by atoms with Gasteiger partial charge in [-0.25, -0.2) is 13.1 Å². The van der Waals surface area contributed by atoms with Crippen molar-refractivity contribution in [1.29, 1.82) is 5.41 Å². The van der Waals surface area contributed by atoms with Crippen LogP contribution < -0.4 is 10.5 Å². The molecule has 0 radical (unpaired) electrons. The van der Waals surface area contributed by atoms with Crippen molar-refractivity contribution >= 4 is 15.9 Å². The normalized spacial score (nSPS) is 31.2. The van der Waals surface area contributed by atoms with E-state index in [1.165, 1.54) is 0 Å². The number of rotatable bonds is 4. The van der Waals surface area contributed by atoms with Crippen LogP contribution in [-0.2, 0) is 10.0 Å². The van der Waals surface area contributed by atoms with E-state index in [2.05, 4.69) is 11.6 Å². The van der Waals surface area contributed by atoms with Crippen LogP contribution in [0, 0.1) is 11.3 Å². The number of nitrogens with two attached hydrogens (primary N) is 1. The van der Waals surface area contributed by atoms with Crippen molar-refractivity contribution < 1.29 is 8.42 Å². The molecule has 1 aliphatic carbocycles. The summed E-state index contributed by atoms with van der Waals surface area (Å²) in [6, 6.07) is 0. The van der Waals surface area contributed by atoms with E-state index in [9.17, 15) is 8.42 Å². The molecule has 1 rings (SSSR count). The van der Waals surface area contributed by atoms with Crippen molar-refractivity contribution in [3.05, 3.63) is 0 Å². The average Bonchev–Trinajstić information content (AvgIpc) is 2.16. The highest BCUT2D eigenvalue weighted by Gasteiger charge is 2.39. The second-order valence-corrected chi connectivity index (χ2v) is 6.47. The molecule has 1 saturated carbocycles. The van der Waals surface area contributed by atoms with Crippen LogP contribution in [0.5, 0.6) is 0 Å². The van der Waals surface area contributed by atoms with Gasteiger partial charge in [-0.05, 0) is 31.6 Å². The Hall–Kier alpha value is -0.620. The first-order valence-electron chi connectivity index (χ1n) is 5.62. The first-order valence-corrected chi connectivity index (χ1v) is 7.51. The van der Waals surface area contributed by atoms with Crippen molar-refractivity contribution in [2.24, 2.45) is 11.7 Å². The quantitative estimate of drug-likeness (QED) is 0.506. The summed E-state index contributed by atoms with van der Waals surface area (Å²) in [6.07, 6.45) is 5.34. The van der Waals surface area contributed by atoms with Gasteiger partial charge >= 0.3 is 0 Å². The lowest BCUT2D eigenvalue weighted by molar-refractivity contribution is 0.266. The Morgan fingerprint density at radius 3 is 2.31 bits per heavy atom. The molecule has 0 atom stereocenters. The standard InChI is InChI=1S/C10H21N3O2S/c1-3-8-4-6-10(7-5-8,9(11)12)13-16(2,14)15/h8,13H,3-7H2,1-2H3,(H3,11,12). The molecule has 4 N–H and O–H groups in total. The van der Waals surface area contributed by atoms with Gasteiger partial charge in [-0.3, -0.25) is 5.41 Å². The molecule has 1 aliphatic rings. The van der Waals surface area contributed by atoms with Crippen molar-refractivity contribution in [3.8, 4) is 0 Å². The maximum atomic E-state index is 11.3. The molecule has 0 amide bonds. The summed E-state index contributed by atoms with van der Waals surface area (Å²) in [5.74, 6) is 0.571. The molecule has 16 heavy (non-hydrogen) atoms. The van der Waals surface area contributed by atoms with Crippen molar-refractivity contribution in [2.75, 3.05) is 6.26 Å². The molecule has 0 heterocycles. The first kappa shape index (κ1) is 13.4. The van der Waals surface area contributed by atoms with E-state index in [1.54, 1.807) is 0 Å². The second kappa shape index (κ2) is 4.71. The van der Waals surface area contributed by atoms with Gasteiger partial charge in [0.2, 0.25) is 10.0 Å². The van der Waals surface area contributed by atoms with E-state index in [-0.39, 0.29) is 5.84 Å². The molecule has 0 aromatic heterocycles. The summed E-state index contributed by atoms with van der Waals surface area (Å²) in [5, 5.41) is 7.59. The maximum Gasteiger partial charge on any atom is 0.209 e. The predicted octanol–water partition coefficient (Wildman–Crippen LogP) is 0.811. The molecule has 0 aliphatic heterocycles. The van der Waals surface area contributed by atoms with E-state index in [4.69, 9.17) is 11.1 Å². The number of amidine groups is 1. The Morgan fingerprint density at radius 1 is 1.50 bits per heavy atom. The zero-order valence-electron chi connectivity index (χ0n) is 9.91. The van der Waals surface area contributed by atoms with Crippen LogP contribution in [0.1, 0.15) is 39.0 Å². The lowest BCUT2D eigenvalue weighted by atomic mass is 9.75. The fraction of sp³-hybridized carbons (Fsp3) is 0.900. The summed E-state index contributed by atoms with van der Waals surface area (Å²) >= 11 is 0. The minimum atomic E-state index is -3.32. The second-order valence-electron chi connectivity index (χ2n) is 4.72. The predicted molar refractivity (Wildman–Crippen MR) is 64.9 cm³/mol. The minimum absolute atomic E-state index is 0.0625. The highest BCUT2D eigenvalue weighted by molar-refractivity contribution is 7.88. The monoisotopic (exact) mass is 247 g/mol. The molecular weight excluding hydrogens is 226 g/mol. The van der Waals surface area contributed by atoms with E-state index in [0.29, 0.717) is 18.8 Å². The summed E-state index contributed by atoms with van der Waals surface area (Å²) in [6.45, 7) is 2.13. The number of hydrogen-bond acceptors (Lipinski definition) is 3. The van der Waals surface area contributed by atoms with Crippen molar-refractivity contribution in [3.63, 3.8) is 0 Å². The Kier molecular flexibility index (Phi) is 3.96. The van der Waals surface area contributed by atoms with Gasteiger partial charge in [0, 0.05) is 0 Å². The van der Waals surface area contributed by atoms with Gasteiger partial charge in [0.25, 0.3) is 0 Å². The van der Waals surface area contributed by atoms with Crippen LogP contribution in [0.25, 0.3) is 0 Å². The largest absolute Gasteiger partial charge is 0.386 e. The third kappa shape index (κ3) is 3.18. The topological polar surface area (TPSA) is 96.0 Å². The molecule has 94 valence electrons. The zero-order chi connectivity index (χ0) is 12.4. The minimum Gasteiger partial charge on any atom is -0.386 e. The third-order valence-corrected chi connectivity index (χ3v) is 4.19. The SMILES string of the molecule is CCC1CCC(NS(C)(=O)=O)(C(=N)N)CC1. The van der Waals surface area contributed by atoms with Gasteiger partial charge in [0.1, 0.15) is 5.84 Å². The van der Waals surface area contributed by atoms with Gasteiger partial charge < -0.3 is 5.73 Å². The van der Waals surface area contributed by atoms with Crippen LogP contribution in [0.3, 0.4) is 0 Å². The average molecular weight is 247 g/mol. The molecule has 0 aromatic rings. The van der Waals surface area contributed by atoms with Crippen molar-refractivity contribution in [1.82, 2.24) is 4.72 Å². The van der Waals surface area contributed by atoms with Crippen LogP contribution >= 0.6 is 0 Å². The van der Waals surface area contributed by atoms with E-state index < -0.39 is 15.6 Å². The molecular formula is C10H21N3O2S. The summed E-state index contributed by atoms with van der Waals surface area (Å²) in [4.78, 5) is 0. The lowest BCUT2D eigenvalue weighted by Crippen LogP contribution is -2.58. The summed E-state index contributed by atoms with van der Waals surface area (Å²) < 4.78 is 25.1. The molecule has 1 fully saturated rings. The Balaban J connectivity index is 2.81. The summed E-state index contributed by atoms with van der Waals surface area (Å²) in [7, 11) is -3.32. The number of nitrogens with one attached hydrogen (secondary N) is 2. The molecule has 0 saturated heterocycles. The highest BCUT2D eigenvalue weighted by atomic mass is 32.2. The highest BCUT2D eigenvalue weighted by Crippen LogP contribution is 2.34. The van der Waals surface area contributed by atoms with E-state index in [0.717, 1.165) is 25.5 Å². The Bertz CT molecular complexity index is 356. The van der Waals surface area contributed by atoms with Gasteiger partial charge in [0.15, 0.2) is 0 Å². The molecule has 0 unspecified atom stereocenters. The lowest BCUT2D eigenvalue weighted by Gasteiger charge is -2.39. The third-order valence-electron chi connectivity index (χ3n) is 3.43. The van der Waals surface area contributed by atoms with Crippen LogP contribution in [-0.4, -0.2) is 26.0 Å². The van der Waals surface area contributed by atoms with Gasteiger partial charge in [0.05, 0.1) is 11.8 Å². The van der Waals surface area contributed by atoms with Crippen LogP contribution in [0.2, 0.25) is 0 Å². The fourth-order valence-corrected chi connectivity index (χ4v) is 3.38. The van der Waals surface area contributed by atoms with Crippen LogP contribution in [0.15, 0.2) is 0 Å². The van der Waals surface area contributed by atoms with Gasteiger partial charge in [-0.15, -0.1) is 0 Å². The molecule has 0 aromatic carbocycles. The fourth-order valence-electron chi connectivity index (χ4n) is 2.36.